The Morgan fingerprint density at radius 2 is 2.00 bits per heavy atom. The van der Waals surface area contributed by atoms with Gasteiger partial charge in [-0.3, -0.25) is 4.79 Å². The number of rotatable bonds is 2. The topological polar surface area (TPSA) is 40.2 Å². The Kier molecular flexibility index (Phi) is 2.88. The van der Waals surface area contributed by atoms with Crippen LogP contribution in [0.5, 0.6) is 0 Å². The Labute approximate surface area is 67.0 Å². The third-order valence-corrected chi connectivity index (χ3v) is 1.92. The first-order valence-corrected chi connectivity index (χ1v) is 4.14. The second kappa shape index (κ2) is 3.72. The molecule has 3 heteroatoms. The first-order valence-electron chi connectivity index (χ1n) is 4.14. The van der Waals surface area contributed by atoms with Gasteiger partial charge in [-0.25, -0.2) is 5.11 Å². The smallest absolute Gasteiger partial charge is 0.225 e. The van der Waals surface area contributed by atoms with Crippen LogP contribution in [0.1, 0.15) is 26.2 Å². The Morgan fingerprint density at radius 1 is 1.45 bits per heavy atom. The number of carbonyl (C=O) groups excluding carboxylic acids is 1. The molecule has 1 aliphatic rings. The lowest BCUT2D eigenvalue weighted by Gasteiger charge is -2.14. The van der Waals surface area contributed by atoms with Gasteiger partial charge in [0.25, 0.3) is 0 Å². The molecule has 1 aliphatic heterocycles. The molecule has 1 amide bonds. The maximum Gasteiger partial charge on any atom is 0.225 e. The van der Waals surface area contributed by atoms with Crippen molar-refractivity contribution in [3.63, 3.8) is 0 Å². The summed E-state index contributed by atoms with van der Waals surface area (Å²) in [5.41, 5.74) is 0. The minimum Gasteiger partial charge on any atom is -0.343 e. The molecular weight excluding hydrogens is 142 g/mol. The highest BCUT2D eigenvalue weighted by atomic mass is 16.3. The van der Waals surface area contributed by atoms with Crippen LogP contribution in [0.15, 0.2) is 0 Å². The third kappa shape index (κ3) is 2.50. The van der Waals surface area contributed by atoms with Gasteiger partial charge in [-0.2, -0.15) is 0 Å². The van der Waals surface area contributed by atoms with E-state index in [-0.39, 0.29) is 12.3 Å². The van der Waals surface area contributed by atoms with Gasteiger partial charge in [0.15, 0.2) is 0 Å². The standard InChI is InChI=1S/C8H14NO2/c1-7(10)6-8(11)9-4-2-3-5-9/h7H,2-6H2,1H3. The first-order chi connectivity index (χ1) is 5.20. The molecule has 3 nitrogen and oxygen atoms in total. The molecule has 1 unspecified atom stereocenters. The number of carbonyl (C=O) groups is 1. The second-order valence-corrected chi connectivity index (χ2v) is 3.10. The number of nitrogens with zero attached hydrogens (tertiary/aromatic N) is 1. The van der Waals surface area contributed by atoms with Gasteiger partial charge >= 0.3 is 0 Å². The van der Waals surface area contributed by atoms with Crippen molar-refractivity contribution < 1.29 is 9.90 Å². The maximum absolute atomic E-state index is 11.2. The van der Waals surface area contributed by atoms with E-state index in [1.165, 1.54) is 6.92 Å². The predicted molar refractivity (Wildman–Crippen MR) is 40.6 cm³/mol. The lowest BCUT2D eigenvalue weighted by molar-refractivity contribution is -0.132. The largest absolute Gasteiger partial charge is 0.343 e. The predicted octanol–water partition coefficient (Wildman–Crippen LogP) is 0.818. The molecule has 0 bridgehead atoms. The van der Waals surface area contributed by atoms with Crippen molar-refractivity contribution in [2.45, 2.75) is 32.3 Å². The van der Waals surface area contributed by atoms with Gasteiger partial charge in [0.1, 0.15) is 0 Å². The van der Waals surface area contributed by atoms with Gasteiger partial charge in [-0.1, -0.05) is 0 Å². The van der Waals surface area contributed by atoms with Crippen LogP contribution >= 0.6 is 0 Å². The summed E-state index contributed by atoms with van der Waals surface area (Å²) in [6.45, 7) is 3.24. The van der Waals surface area contributed by atoms with Gasteiger partial charge in [0, 0.05) is 13.1 Å². The highest BCUT2D eigenvalue weighted by molar-refractivity contribution is 5.76. The van der Waals surface area contributed by atoms with E-state index in [1.54, 1.807) is 4.90 Å². The van der Waals surface area contributed by atoms with Crippen LogP contribution < -0.4 is 0 Å². The molecule has 0 aliphatic carbocycles. The Hall–Kier alpha value is -0.570. The summed E-state index contributed by atoms with van der Waals surface area (Å²) in [6.07, 6.45) is 1.61. The highest BCUT2D eigenvalue weighted by Gasteiger charge is 2.18. The van der Waals surface area contributed by atoms with Crippen LogP contribution in [0, 0.1) is 0 Å². The zero-order valence-electron chi connectivity index (χ0n) is 6.88. The summed E-state index contributed by atoms with van der Waals surface area (Å²) >= 11 is 0. The van der Waals surface area contributed by atoms with Crippen LogP contribution in [-0.4, -0.2) is 30.0 Å². The highest BCUT2D eigenvalue weighted by Crippen LogP contribution is 2.09. The average molecular weight is 156 g/mol. The van der Waals surface area contributed by atoms with E-state index in [2.05, 4.69) is 0 Å². The number of hydrogen-bond acceptors (Lipinski definition) is 1. The zero-order chi connectivity index (χ0) is 8.27. The van der Waals surface area contributed by atoms with Crippen LogP contribution in [0.4, 0.5) is 0 Å². The summed E-state index contributed by atoms with van der Waals surface area (Å²) in [7, 11) is 0. The van der Waals surface area contributed by atoms with Gasteiger partial charge < -0.3 is 4.90 Å². The molecule has 1 rings (SSSR count). The van der Waals surface area contributed by atoms with Gasteiger partial charge in [-0.15, -0.1) is 0 Å². The summed E-state index contributed by atoms with van der Waals surface area (Å²) in [5, 5.41) is 10.6. The quantitative estimate of drug-likeness (QED) is 0.583. The van der Waals surface area contributed by atoms with Gasteiger partial charge in [-0.05, 0) is 19.8 Å². The summed E-state index contributed by atoms with van der Waals surface area (Å²) in [5.74, 6) is 0.0324. The molecule has 1 radical (unpaired) electrons. The third-order valence-electron chi connectivity index (χ3n) is 1.92. The van der Waals surface area contributed by atoms with Crippen molar-refractivity contribution in [3.8, 4) is 0 Å². The lowest BCUT2D eigenvalue weighted by atomic mass is 10.2. The van der Waals surface area contributed by atoms with Crippen LogP contribution in [-0.2, 0) is 9.90 Å². The summed E-state index contributed by atoms with van der Waals surface area (Å²) in [4.78, 5) is 13.0. The SMILES string of the molecule is CC([O])CC(=O)N1CCCC1. The number of hydrogen-bond donors (Lipinski definition) is 0. The molecule has 0 aromatic rings. The maximum atomic E-state index is 11.2. The van der Waals surface area contributed by atoms with Crippen LogP contribution in [0.2, 0.25) is 0 Å². The minimum absolute atomic E-state index is 0.0324. The van der Waals surface area contributed by atoms with E-state index in [0.717, 1.165) is 25.9 Å². The van der Waals surface area contributed by atoms with E-state index in [1.807, 2.05) is 0 Å². The van der Waals surface area contributed by atoms with Gasteiger partial charge in [0.2, 0.25) is 5.91 Å². The molecule has 0 aromatic heterocycles. The fourth-order valence-corrected chi connectivity index (χ4v) is 1.34. The number of likely N-dealkylation sites (tertiary alicyclic amines) is 1. The van der Waals surface area contributed by atoms with Crippen LogP contribution in [0.25, 0.3) is 0 Å². The molecule has 1 heterocycles. The molecule has 1 saturated heterocycles. The van der Waals surface area contributed by atoms with E-state index >= 15 is 0 Å². The van der Waals surface area contributed by atoms with E-state index < -0.39 is 6.10 Å². The van der Waals surface area contributed by atoms with Gasteiger partial charge in [0.05, 0.1) is 12.5 Å². The lowest BCUT2D eigenvalue weighted by Crippen LogP contribution is -2.29. The van der Waals surface area contributed by atoms with E-state index in [4.69, 9.17) is 0 Å². The molecule has 0 aromatic carbocycles. The van der Waals surface area contributed by atoms with Crippen molar-refractivity contribution in [3.05, 3.63) is 0 Å². The average Bonchev–Trinajstić information content (AvgIpc) is 2.35. The van der Waals surface area contributed by atoms with E-state index in [0.29, 0.717) is 0 Å². The fraction of sp³-hybridized carbons (Fsp3) is 0.875. The second-order valence-electron chi connectivity index (χ2n) is 3.10. The summed E-state index contributed by atoms with van der Waals surface area (Å²) in [6, 6.07) is 0. The Bertz CT molecular complexity index is 139. The molecule has 1 atom stereocenters. The normalized spacial score (nSPS) is 20.4. The van der Waals surface area contributed by atoms with Crippen LogP contribution in [0.3, 0.4) is 0 Å². The fourth-order valence-electron chi connectivity index (χ4n) is 1.34. The van der Waals surface area contributed by atoms with E-state index in [9.17, 15) is 9.90 Å². The van der Waals surface area contributed by atoms with Crippen molar-refractivity contribution in [1.29, 1.82) is 0 Å². The monoisotopic (exact) mass is 156 g/mol. The van der Waals surface area contributed by atoms with Crippen molar-refractivity contribution in [1.82, 2.24) is 4.90 Å². The molecule has 11 heavy (non-hydrogen) atoms. The molecular formula is C8H14NO2. The van der Waals surface area contributed by atoms with Crippen molar-refractivity contribution >= 4 is 5.91 Å². The molecule has 0 saturated carbocycles. The Balaban J connectivity index is 2.28. The molecule has 63 valence electrons. The first kappa shape index (κ1) is 8.53. The minimum atomic E-state index is -0.747. The molecule has 0 N–H and O–H groups in total. The van der Waals surface area contributed by atoms with Crippen molar-refractivity contribution in [2.24, 2.45) is 0 Å². The molecule has 0 spiro atoms. The molecule has 1 fully saturated rings. The van der Waals surface area contributed by atoms with Crippen molar-refractivity contribution in [2.75, 3.05) is 13.1 Å². The Morgan fingerprint density at radius 3 is 2.45 bits per heavy atom. The number of amides is 1. The zero-order valence-corrected chi connectivity index (χ0v) is 6.88. The summed E-state index contributed by atoms with van der Waals surface area (Å²) < 4.78 is 0.